The van der Waals surface area contributed by atoms with Crippen LogP contribution in [0.25, 0.3) is 5.57 Å². The lowest BCUT2D eigenvalue weighted by atomic mass is 10.0. The highest BCUT2D eigenvalue weighted by Crippen LogP contribution is 2.30. The molecule has 0 spiro atoms. The number of hydrogen-bond donors (Lipinski definition) is 1. The van der Waals surface area contributed by atoms with Crippen molar-refractivity contribution in [3.05, 3.63) is 35.9 Å². The number of hydrogen-bond acceptors (Lipinski definition) is 2. The highest BCUT2D eigenvalue weighted by atomic mass is 19.2. The lowest BCUT2D eigenvalue weighted by Gasteiger charge is -2.19. The Balaban J connectivity index is 3.28. The van der Waals surface area contributed by atoms with E-state index >= 15 is 0 Å². The standard InChI is InChI=1S/C12H16F2N2/c1-8(6-7-15)9-4-5-10(13)11(14)12(9)16(2)3/h4-5H,1,6-7,15H2,2-3H3. The Morgan fingerprint density at radius 2 is 2.00 bits per heavy atom. The number of anilines is 1. The highest BCUT2D eigenvalue weighted by molar-refractivity contribution is 5.76. The highest BCUT2D eigenvalue weighted by Gasteiger charge is 2.16. The summed E-state index contributed by atoms with van der Waals surface area (Å²) in [4.78, 5) is 1.54. The van der Waals surface area contributed by atoms with Crippen LogP contribution in [-0.2, 0) is 0 Å². The molecule has 0 aliphatic heterocycles. The molecule has 0 saturated carbocycles. The van der Waals surface area contributed by atoms with Gasteiger partial charge in [-0.3, -0.25) is 0 Å². The van der Waals surface area contributed by atoms with Crippen molar-refractivity contribution in [1.29, 1.82) is 0 Å². The van der Waals surface area contributed by atoms with Crippen molar-refractivity contribution in [2.24, 2.45) is 5.73 Å². The van der Waals surface area contributed by atoms with E-state index in [1.165, 1.54) is 11.0 Å². The zero-order valence-corrected chi connectivity index (χ0v) is 9.56. The Morgan fingerprint density at radius 3 is 2.50 bits per heavy atom. The van der Waals surface area contributed by atoms with Crippen LogP contribution in [0.2, 0.25) is 0 Å². The van der Waals surface area contributed by atoms with Crippen LogP contribution < -0.4 is 10.6 Å². The van der Waals surface area contributed by atoms with Gasteiger partial charge in [0, 0.05) is 19.7 Å². The molecule has 0 unspecified atom stereocenters. The molecule has 0 aromatic heterocycles. The molecule has 4 heteroatoms. The summed E-state index contributed by atoms with van der Waals surface area (Å²) in [6.45, 7) is 4.27. The molecule has 0 heterocycles. The Hall–Kier alpha value is -1.42. The predicted octanol–water partition coefficient (Wildman–Crippen LogP) is 2.39. The Kier molecular flexibility index (Phi) is 4.01. The van der Waals surface area contributed by atoms with E-state index in [1.54, 1.807) is 14.1 Å². The summed E-state index contributed by atoms with van der Waals surface area (Å²) >= 11 is 0. The molecule has 88 valence electrons. The molecule has 0 amide bonds. The van der Waals surface area contributed by atoms with Gasteiger partial charge in [0.25, 0.3) is 0 Å². The average Bonchev–Trinajstić information content (AvgIpc) is 2.21. The van der Waals surface area contributed by atoms with Gasteiger partial charge in [0.05, 0.1) is 5.69 Å². The first-order chi connectivity index (χ1) is 7.49. The van der Waals surface area contributed by atoms with E-state index in [-0.39, 0.29) is 5.69 Å². The topological polar surface area (TPSA) is 29.3 Å². The molecule has 0 saturated heterocycles. The first kappa shape index (κ1) is 12.6. The minimum atomic E-state index is -0.854. The number of halogens is 2. The number of nitrogens with two attached hydrogens (primary N) is 1. The van der Waals surface area contributed by atoms with Crippen molar-refractivity contribution in [2.45, 2.75) is 6.42 Å². The molecular weight excluding hydrogens is 210 g/mol. The van der Waals surface area contributed by atoms with Gasteiger partial charge in [-0.05, 0) is 30.7 Å². The lowest BCUT2D eigenvalue weighted by molar-refractivity contribution is 0.508. The second kappa shape index (κ2) is 5.07. The molecule has 1 aromatic carbocycles. The van der Waals surface area contributed by atoms with Gasteiger partial charge in [-0.2, -0.15) is 0 Å². The van der Waals surface area contributed by atoms with Crippen LogP contribution >= 0.6 is 0 Å². The summed E-state index contributed by atoms with van der Waals surface area (Å²) in [5.41, 5.74) is 6.96. The van der Waals surface area contributed by atoms with Gasteiger partial charge in [0.2, 0.25) is 0 Å². The predicted molar refractivity (Wildman–Crippen MR) is 63.4 cm³/mol. The van der Waals surface area contributed by atoms with Gasteiger partial charge in [-0.1, -0.05) is 6.58 Å². The van der Waals surface area contributed by atoms with Gasteiger partial charge < -0.3 is 10.6 Å². The first-order valence-electron chi connectivity index (χ1n) is 5.02. The summed E-state index contributed by atoms with van der Waals surface area (Å²) in [5.74, 6) is -1.70. The monoisotopic (exact) mass is 226 g/mol. The Bertz CT molecular complexity index is 400. The van der Waals surface area contributed by atoms with Crippen LogP contribution in [-0.4, -0.2) is 20.6 Å². The van der Waals surface area contributed by atoms with Gasteiger partial charge in [0.15, 0.2) is 11.6 Å². The van der Waals surface area contributed by atoms with Crippen molar-refractivity contribution in [3.63, 3.8) is 0 Å². The number of rotatable bonds is 4. The van der Waals surface area contributed by atoms with Crippen molar-refractivity contribution >= 4 is 11.3 Å². The van der Waals surface area contributed by atoms with Gasteiger partial charge >= 0.3 is 0 Å². The van der Waals surface area contributed by atoms with Crippen molar-refractivity contribution in [2.75, 3.05) is 25.5 Å². The average molecular weight is 226 g/mol. The molecular formula is C12H16F2N2. The minimum Gasteiger partial charge on any atom is -0.375 e. The number of benzene rings is 1. The summed E-state index contributed by atoms with van der Waals surface area (Å²) in [6.07, 6.45) is 0.561. The molecule has 0 aliphatic rings. The lowest BCUT2D eigenvalue weighted by Crippen LogP contribution is -2.14. The maximum Gasteiger partial charge on any atom is 0.182 e. The Labute approximate surface area is 94.4 Å². The third kappa shape index (κ3) is 2.39. The van der Waals surface area contributed by atoms with Crippen LogP contribution in [0.3, 0.4) is 0 Å². The van der Waals surface area contributed by atoms with Crippen molar-refractivity contribution in [1.82, 2.24) is 0 Å². The van der Waals surface area contributed by atoms with E-state index in [2.05, 4.69) is 6.58 Å². The van der Waals surface area contributed by atoms with Gasteiger partial charge in [-0.25, -0.2) is 8.78 Å². The summed E-state index contributed by atoms with van der Waals surface area (Å²) in [6, 6.07) is 2.64. The SMILES string of the molecule is C=C(CCN)c1ccc(F)c(F)c1N(C)C. The molecule has 1 rings (SSSR count). The van der Waals surface area contributed by atoms with Gasteiger partial charge in [-0.15, -0.1) is 0 Å². The van der Waals surface area contributed by atoms with E-state index in [1.807, 2.05) is 0 Å². The van der Waals surface area contributed by atoms with Crippen LogP contribution in [0.5, 0.6) is 0 Å². The summed E-state index contributed by atoms with van der Waals surface area (Å²) in [5, 5.41) is 0. The third-order valence-electron chi connectivity index (χ3n) is 2.34. The van der Waals surface area contributed by atoms with Crippen LogP contribution in [0, 0.1) is 11.6 Å². The molecule has 0 fully saturated rings. The normalized spacial score (nSPS) is 10.3. The zero-order valence-electron chi connectivity index (χ0n) is 9.56. The molecule has 2 N–H and O–H groups in total. The molecule has 2 nitrogen and oxygen atoms in total. The second-order valence-corrected chi connectivity index (χ2v) is 3.79. The summed E-state index contributed by atoms with van der Waals surface area (Å²) in [7, 11) is 3.33. The van der Waals surface area contributed by atoms with Crippen molar-refractivity contribution < 1.29 is 8.78 Å². The van der Waals surface area contributed by atoms with E-state index < -0.39 is 11.6 Å². The van der Waals surface area contributed by atoms with Crippen molar-refractivity contribution in [3.8, 4) is 0 Å². The number of nitrogens with zero attached hydrogens (tertiary/aromatic N) is 1. The zero-order chi connectivity index (χ0) is 12.3. The second-order valence-electron chi connectivity index (χ2n) is 3.79. The maximum atomic E-state index is 13.6. The fraction of sp³-hybridized carbons (Fsp3) is 0.333. The minimum absolute atomic E-state index is 0.221. The van der Waals surface area contributed by atoms with Crippen LogP contribution in [0.15, 0.2) is 18.7 Å². The largest absolute Gasteiger partial charge is 0.375 e. The molecule has 1 aromatic rings. The molecule has 16 heavy (non-hydrogen) atoms. The van der Waals surface area contributed by atoms with E-state index in [4.69, 9.17) is 5.73 Å². The van der Waals surface area contributed by atoms with Crippen LogP contribution in [0.1, 0.15) is 12.0 Å². The molecule has 0 aliphatic carbocycles. The fourth-order valence-corrected chi connectivity index (χ4v) is 1.57. The fourth-order valence-electron chi connectivity index (χ4n) is 1.57. The third-order valence-corrected chi connectivity index (χ3v) is 2.34. The Morgan fingerprint density at radius 1 is 1.38 bits per heavy atom. The van der Waals surface area contributed by atoms with E-state index in [0.717, 1.165) is 6.07 Å². The summed E-state index contributed by atoms with van der Waals surface area (Å²) < 4.78 is 26.7. The van der Waals surface area contributed by atoms with E-state index in [9.17, 15) is 8.78 Å². The molecule has 0 atom stereocenters. The van der Waals surface area contributed by atoms with Crippen LogP contribution in [0.4, 0.5) is 14.5 Å². The van der Waals surface area contributed by atoms with E-state index in [0.29, 0.717) is 24.1 Å². The quantitative estimate of drug-likeness (QED) is 0.854. The maximum absolute atomic E-state index is 13.6. The van der Waals surface area contributed by atoms with Gasteiger partial charge in [0.1, 0.15) is 0 Å². The first-order valence-corrected chi connectivity index (χ1v) is 5.02. The molecule has 0 bridgehead atoms. The molecule has 0 radical (unpaired) electrons. The smallest absolute Gasteiger partial charge is 0.182 e.